The van der Waals surface area contributed by atoms with Gasteiger partial charge in [0, 0.05) is 4.88 Å². The van der Waals surface area contributed by atoms with Crippen molar-refractivity contribution in [3.8, 4) is 11.5 Å². The third-order valence-electron chi connectivity index (χ3n) is 3.35. The lowest BCUT2D eigenvalue weighted by Crippen LogP contribution is -2.08. The minimum atomic E-state index is -0.293. The average molecular weight is 318 g/mol. The molecule has 0 unspecified atom stereocenters. The number of rotatable bonds is 3. The summed E-state index contributed by atoms with van der Waals surface area (Å²) in [5, 5.41) is 0. The van der Waals surface area contributed by atoms with Crippen LogP contribution in [0.1, 0.15) is 40.9 Å². The first-order valence-electron chi connectivity index (χ1n) is 7.09. The van der Waals surface area contributed by atoms with E-state index in [4.69, 9.17) is 14.2 Å². The summed E-state index contributed by atoms with van der Waals surface area (Å²) in [6.07, 6.45) is 0. The molecule has 1 aliphatic heterocycles. The summed E-state index contributed by atoms with van der Waals surface area (Å²) < 4.78 is 15.9. The van der Waals surface area contributed by atoms with Crippen molar-refractivity contribution in [3.63, 3.8) is 0 Å². The van der Waals surface area contributed by atoms with Crippen LogP contribution in [0.15, 0.2) is 30.3 Å². The van der Waals surface area contributed by atoms with Gasteiger partial charge in [0.25, 0.3) is 0 Å². The number of esters is 1. The Kier molecular flexibility index (Phi) is 3.83. The molecule has 0 fully saturated rings. The number of fused-ring (bicyclic) bond motifs is 1. The lowest BCUT2D eigenvalue weighted by molar-refractivity contribution is 0.0478. The molecular formula is C17H18O4S. The molecule has 116 valence electrons. The second-order valence-corrected chi connectivity index (χ2v) is 7.26. The summed E-state index contributed by atoms with van der Waals surface area (Å²) in [4.78, 5) is 13.9. The molecule has 0 saturated carbocycles. The van der Waals surface area contributed by atoms with Gasteiger partial charge in [0.1, 0.15) is 11.5 Å². The first kappa shape index (κ1) is 14.9. The van der Waals surface area contributed by atoms with Crippen LogP contribution in [0, 0.1) is 0 Å². The number of benzene rings is 1. The van der Waals surface area contributed by atoms with Crippen molar-refractivity contribution in [2.45, 2.75) is 32.8 Å². The molecule has 0 aliphatic carbocycles. The lowest BCUT2D eigenvalue weighted by Gasteiger charge is -2.15. The SMILES string of the molecule is CC(C)(C)c1ccc(C(=O)OCc2ccc3c(c2)OCO3)s1. The largest absolute Gasteiger partial charge is 0.457 e. The van der Waals surface area contributed by atoms with Crippen LogP contribution in [0.25, 0.3) is 0 Å². The number of hydrogen-bond acceptors (Lipinski definition) is 5. The van der Waals surface area contributed by atoms with E-state index in [1.165, 1.54) is 16.2 Å². The van der Waals surface area contributed by atoms with Crippen LogP contribution in [0.3, 0.4) is 0 Å². The molecule has 3 rings (SSSR count). The van der Waals surface area contributed by atoms with E-state index >= 15 is 0 Å². The fraction of sp³-hybridized carbons (Fsp3) is 0.353. The molecule has 0 atom stereocenters. The van der Waals surface area contributed by atoms with Crippen molar-refractivity contribution in [2.75, 3.05) is 6.79 Å². The second-order valence-electron chi connectivity index (χ2n) is 6.18. The van der Waals surface area contributed by atoms with Crippen molar-refractivity contribution in [1.82, 2.24) is 0 Å². The topological polar surface area (TPSA) is 44.8 Å². The molecule has 1 aliphatic rings. The third-order valence-corrected chi connectivity index (χ3v) is 4.84. The first-order chi connectivity index (χ1) is 10.4. The fourth-order valence-electron chi connectivity index (χ4n) is 2.10. The number of thiophene rings is 1. The molecule has 2 aromatic rings. The first-order valence-corrected chi connectivity index (χ1v) is 7.91. The predicted molar refractivity (Wildman–Crippen MR) is 84.7 cm³/mol. The number of hydrogen-bond donors (Lipinski definition) is 0. The summed E-state index contributed by atoms with van der Waals surface area (Å²) >= 11 is 1.48. The van der Waals surface area contributed by atoms with Gasteiger partial charge in [-0.3, -0.25) is 0 Å². The molecule has 2 heterocycles. The van der Waals surface area contributed by atoms with Crippen LogP contribution in [0.2, 0.25) is 0 Å². The summed E-state index contributed by atoms with van der Waals surface area (Å²) in [5.41, 5.74) is 0.922. The van der Waals surface area contributed by atoms with Gasteiger partial charge in [0.05, 0.1) is 0 Å². The Hall–Kier alpha value is -2.01. The Morgan fingerprint density at radius 3 is 2.68 bits per heavy atom. The molecule has 0 radical (unpaired) electrons. The predicted octanol–water partition coefficient (Wildman–Crippen LogP) is 4.13. The van der Waals surface area contributed by atoms with Crippen molar-refractivity contribution in [1.29, 1.82) is 0 Å². The van der Waals surface area contributed by atoms with Crippen LogP contribution < -0.4 is 9.47 Å². The molecule has 0 N–H and O–H groups in total. The number of ether oxygens (including phenoxy) is 3. The van der Waals surface area contributed by atoms with E-state index in [1.807, 2.05) is 30.3 Å². The van der Waals surface area contributed by atoms with Gasteiger partial charge in [-0.05, 0) is 35.2 Å². The van der Waals surface area contributed by atoms with E-state index in [9.17, 15) is 4.79 Å². The third kappa shape index (κ3) is 3.09. The van der Waals surface area contributed by atoms with Crippen LogP contribution >= 0.6 is 11.3 Å². The summed E-state index contributed by atoms with van der Waals surface area (Å²) in [7, 11) is 0. The molecule has 1 aromatic carbocycles. The zero-order valence-electron chi connectivity index (χ0n) is 12.8. The summed E-state index contributed by atoms with van der Waals surface area (Å²) in [6.45, 7) is 6.84. The van der Waals surface area contributed by atoms with Gasteiger partial charge in [-0.25, -0.2) is 4.79 Å². The number of carbonyl (C=O) groups is 1. The van der Waals surface area contributed by atoms with Crippen LogP contribution in [-0.4, -0.2) is 12.8 Å². The van der Waals surface area contributed by atoms with E-state index in [-0.39, 0.29) is 24.8 Å². The van der Waals surface area contributed by atoms with Crippen molar-refractivity contribution < 1.29 is 19.0 Å². The van der Waals surface area contributed by atoms with E-state index in [1.54, 1.807) is 0 Å². The van der Waals surface area contributed by atoms with Crippen molar-refractivity contribution >= 4 is 17.3 Å². The van der Waals surface area contributed by atoms with Gasteiger partial charge < -0.3 is 14.2 Å². The highest BCUT2D eigenvalue weighted by molar-refractivity contribution is 7.14. The Morgan fingerprint density at radius 1 is 1.18 bits per heavy atom. The minimum Gasteiger partial charge on any atom is -0.457 e. The average Bonchev–Trinajstić information content (AvgIpc) is 3.12. The molecule has 0 amide bonds. The highest BCUT2D eigenvalue weighted by atomic mass is 32.1. The minimum absolute atomic E-state index is 0.0422. The quantitative estimate of drug-likeness (QED) is 0.798. The van der Waals surface area contributed by atoms with Gasteiger partial charge >= 0.3 is 5.97 Å². The van der Waals surface area contributed by atoms with Gasteiger partial charge in [-0.2, -0.15) is 0 Å². The zero-order valence-corrected chi connectivity index (χ0v) is 13.7. The maximum absolute atomic E-state index is 12.1. The Bertz CT molecular complexity index is 697. The van der Waals surface area contributed by atoms with Crippen LogP contribution in [0.4, 0.5) is 0 Å². The molecule has 5 heteroatoms. The highest BCUT2D eigenvalue weighted by Gasteiger charge is 2.19. The molecule has 1 aromatic heterocycles. The van der Waals surface area contributed by atoms with Crippen LogP contribution in [0.5, 0.6) is 11.5 Å². The standard InChI is InChI=1S/C17H18O4S/c1-17(2,3)15-7-6-14(22-15)16(18)19-9-11-4-5-12-13(8-11)21-10-20-12/h4-8H,9-10H2,1-3H3. The number of carbonyl (C=O) groups excluding carboxylic acids is 1. The van der Waals surface area contributed by atoms with Crippen molar-refractivity contribution in [2.24, 2.45) is 0 Å². The molecular weight excluding hydrogens is 300 g/mol. The fourth-order valence-corrected chi connectivity index (χ4v) is 3.06. The molecule has 4 nitrogen and oxygen atoms in total. The van der Waals surface area contributed by atoms with E-state index in [0.29, 0.717) is 10.6 Å². The highest BCUT2D eigenvalue weighted by Crippen LogP contribution is 2.33. The van der Waals surface area contributed by atoms with Gasteiger partial charge in [0.2, 0.25) is 6.79 Å². The maximum atomic E-state index is 12.1. The van der Waals surface area contributed by atoms with E-state index < -0.39 is 0 Å². The van der Waals surface area contributed by atoms with Gasteiger partial charge in [-0.15, -0.1) is 11.3 Å². The zero-order chi connectivity index (χ0) is 15.7. The maximum Gasteiger partial charge on any atom is 0.348 e. The molecule has 0 spiro atoms. The molecule has 22 heavy (non-hydrogen) atoms. The second kappa shape index (κ2) is 5.65. The van der Waals surface area contributed by atoms with Gasteiger partial charge in [0.15, 0.2) is 11.5 Å². The van der Waals surface area contributed by atoms with Gasteiger partial charge in [-0.1, -0.05) is 26.8 Å². The van der Waals surface area contributed by atoms with E-state index in [2.05, 4.69) is 20.8 Å². The Morgan fingerprint density at radius 2 is 1.95 bits per heavy atom. The normalized spacial score (nSPS) is 13.2. The summed E-state index contributed by atoms with van der Waals surface area (Å²) in [6, 6.07) is 9.35. The van der Waals surface area contributed by atoms with Crippen LogP contribution in [-0.2, 0) is 16.8 Å². The monoisotopic (exact) mass is 318 g/mol. The van der Waals surface area contributed by atoms with Crippen molar-refractivity contribution in [3.05, 3.63) is 45.6 Å². The summed E-state index contributed by atoms with van der Waals surface area (Å²) in [5.74, 6) is 1.13. The molecule has 0 saturated heterocycles. The Balaban J connectivity index is 1.64. The molecule has 0 bridgehead atoms. The van der Waals surface area contributed by atoms with E-state index in [0.717, 1.165) is 11.3 Å². The lowest BCUT2D eigenvalue weighted by atomic mass is 9.95. The Labute approximate surface area is 133 Å². The smallest absolute Gasteiger partial charge is 0.348 e.